The maximum atomic E-state index is 13.2. The lowest BCUT2D eigenvalue weighted by Gasteiger charge is -2.31. The third kappa shape index (κ3) is 7.49. The van der Waals surface area contributed by atoms with E-state index in [9.17, 15) is 14.4 Å². The zero-order valence-corrected chi connectivity index (χ0v) is 23.1. The quantitative estimate of drug-likeness (QED) is 0.610. The Bertz CT molecular complexity index is 1120. The second-order valence-electron chi connectivity index (χ2n) is 9.99. The highest BCUT2D eigenvalue weighted by atomic mass is 32.2. The van der Waals surface area contributed by atoms with Crippen molar-refractivity contribution in [3.8, 4) is 5.75 Å². The molecule has 0 saturated heterocycles. The summed E-state index contributed by atoms with van der Waals surface area (Å²) in [7, 11) is 0. The highest BCUT2D eigenvalue weighted by Gasteiger charge is 2.30. The van der Waals surface area contributed by atoms with E-state index in [0.29, 0.717) is 63.4 Å². The predicted octanol–water partition coefficient (Wildman–Crippen LogP) is 2.56. The second kappa shape index (κ2) is 13.6. The molecule has 1 aliphatic heterocycles. The van der Waals surface area contributed by atoms with Gasteiger partial charge in [0.2, 0.25) is 11.8 Å². The number of nitrogens with one attached hydrogen (secondary N) is 2. The molecule has 1 fully saturated rings. The van der Waals surface area contributed by atoms with Crippen molar-refractivity contribution in [1.82, 2.24) is 30.5 Å². The molecule has 1 aromatic heterocycles. The first-order chi connectivity index (χ1) is 18.4. The van der Waals surface area contributed by atoms with Crippen LogP contribution in [0.5, 0.6) is 5.75 Å². The molecule has 3 amide bonds. The monoisotopic (exact) mass is 542 g/mol. The summed E-state index contributed by atoms with van der Waals surface area (Å²) in [5.74, 6) is 1.06. The maximum absolute atomic E-state index is 13.2. The van der Waals surface area contributed by atoms with E-state index >= 15 is 0 Å². The van der Waals surface area contributed by atoms with Gasteiger partial charge in [-0.25, -0.2) is 0 Å². The molecule has 10 nitrogen and oxygen atoms in total. The van der Waals surface area contributed by atoms with E-state index in [-0.39, 0.29) is 23.6 Å². The number of carbonyl (C=O) groups excluding carboxylic acids is 3. The number of hydrogen-bond donors (Lipinski definition) is 2. The molecule has 4 bridgehead atoms. The fourth-order valence-electron chi connectivity index (χ4n) is 4.59. The lowest BCUT2D eigenvalue weighted by atomic mass is 9.84. The van der Waals surface area contributed by atoms with Crippen LogP contribution < -0.4 is 15.4 Å². The number of benzene rings is 1. The van der Waals surface area contributed by atoms with Gasteiger partial charge in [-0.05, 0) is 62.3 Å². The third-order valence-electron chi connectivity index (χ3n) is 7.10. The first kappa shape index (κ1) is 27.9. The molecule has 0 spiro atoms. The number of ether oxygens (including phenoxy) is 1. The highest BCUT2D eigenvalue weighted by Crippen LogP contribution is 2.28. The van der Waals surface area contributed by atoms with Gasteiger partial charge in [0.1, 0.15) is 17.5 Å². The van der Waals surface area contributed by atoms with E-state index in [2.05, 4.69) is 20.9 Å². The van der Waals surface area contributed by atoms with E-state index in [1.807, 2.05) is 36.4 Å². The molecule has 2 N–H and O–H groups in total. The average molecular weight is 543 g/mol. The van der Waals surface area contributed by atoms with Crippen LogP contribution in [0.25, 0.3) is 0 Å². The minimum Gasteiger partial charge on any atom is -0.494 e. The number of aryl methyl sites for hydroxylation is 2. The highest BCUT2D eigenvalue weighted by molar-refractivity contribution is 7.98. The summed E-state index contributed by atoms with van der Waals surface area (Å²) >= 11 is 1.63. The van der Waals surface area contributed by atoms with Crippen LogP contribution in [0.1, 0.15) is 60.1 Å². The Morgan fingerprint density at radius 3 is 2.79 bits per heavy atom. The Balaban J connectivity index is 1.51. The molecule has 38 heavy (non-hydrogen) atoms. The van der Waals surface area contributed by atoms with Crippen LogP contribution in [-0.2, 0) is 22.7 Å². The van der Waals surface area contributed by atoms with Gasteiger partial charge in [0.15, 0.2) is 0 Å². The van der Waals surface area contributed by atoms with Gasteiger partial charge in [0.05, 0.1) is 19.3 Å². The summed E-state index contributed by atoms with van der Waals surface area (Å²) in [6, 6.07) is 4.78. The van der Waals surface area contributed by atoms with Crippen molar-refractivity contribution in [3.05, 3.63) is 41.2 Å². The maximum Gasteiger partial charge on any atom is 0.252 e. The molecule has 2 aliphatic rings. The molecule has 1 saturated carbocycles. The third-order valence-corrected chi connectivity index (χ3v) is 7.74. The van der Waals surface area contributed by atoms with Crippen LogP contribution in [0.3, 0.4) is 0 Å². The van der Waals surface area contributed by atoms with Gasteiger partial charge >= 0.3 is 0 Å². The van der Waals surface area contributed by atoms with Crippen LogP contribution in [-0.4, -0.2) is 75.4 Å². The second-order valence-corrected chi connectivity index (χ2v) is 11.0. The first-order valence-electron chi connectivity index (χ1n) is 13.4. The van der Waals surface area contributed by atoms with Gasteiger partial charge in [-0.15, -0.1) is 5.10 Å². The Kier molecular flexibility index (Phi) is 10.0. The summed E-state index contributed by atoms with van der Waals surface area (Å²) in [5.41, 5.74) is 2.05. The Labute approximate surface area is 228 Å². The largest absolute Gasteiger partial charge is 0.494 e. The fourth-order valence-corrected chi connectivity index (χ4v) is 5.07. The van der Waals surface area contributed by atoms with Crippen LogP contribution in [0.15, 0.2) is 24.4 Å². The SMILES string of the molecule is CSCC[C@@H]1NC(=O)c2cc(ccc2C)OCCCn2cc(nn2)CN(C(=O)C2CCC2)CCCNC1=O. The van der Waals surface area contributed by atoms with Crippen molar-refractivity contribution in [3.63, 3.8) is 0 Å². The molecule has 0 unspecified atom stereocenters. The molecular weight excluding hydrogens is 504 g/mol. The minimum absolute atomic E-state index is 0.0778. The molecule has 1 atom stereocenters. The number of carbonyl (C=O) groups is 3. The summed E-state index contributed by atoms with van der Waals surface area (Å²) in [6.45, 7) is 4.28. The zero-order valence-electron chi connectivity index (χ0n) is 22.3. The Morgan fingerprint density at radius 2 is 2.03 bits per heavy atom. The molecule has 0 radical (unpaired) electrons. The summed E-state index contributed by atoms with van der Waals surface area (Å²) < 4.78 is 7.68. The van der Waals surface area contributed by atoms with E-state index in [1.54, 1.807) is 22.5 Å². The standard InChI is InChI=1S/C27H38N6O4S/c1-19-8-9-22-16-23(19)25(34)29-24(10-15-38-2)26(35)28-11-4-12-32(27(36)20-6-3-7-20)17-21-18-33(31-30-21)13-5-14-37-22/h8-9,16,18,20,24H,3-7,10-15,17H2,1-2H3,(H,28,35)(H,29,34)/t24-/m0/s1. The summed E-state index contributed by atoms with van der Waals surface area (Å²) in [5, 5.41) is 14.4. The average Bonchev–Trinajstić information content (AvgIpc) is 3.32. The van der Waals surface area contributed by atoms with E-state index in [4.69, 9.17) is 4.74 Å². The molecule has 2 heterocycles. The van der Waals surface area contributed by atoms with Crippen LogP contribution in [0.2, 0.25) is 0 Å². The molecule has 4 rings (SSSR count). The van der Waals surface area contributed by atoms with Gasteiger partial charge in [0, 0.05) is 37.5 Å². The van der Waals surface area contributed by atoms with E-state index < -0.39 is 6.04 Å². The number of nitrogens with zero attached hydrogens (tertiary/aromatic N) is 4. The van der Waals surface area contributed by atoms with Crippen LogP contribution in [0, 0.1) is 12.8 Å². The number of thioether (sulfide) groups is 1. The smallest absolute Gasteiger partial charge is 0.252 e. The van der Waals surface area contributed by atoms with Crippen molar-refractivity contribution < 1.29 is 19.1 Å². The lowest BCUT2D eigenvalue weighted by Crippen LogP contribution is -2.48. The van der Waals surface area contributed by atoms with E-state index in [1.165, 1.54) is 0 Å². The van der Waals surface area contributed by atoms with Gasteiger partial charge in [-0.2, -0.15) is 11.8 Å². The minimum atomic E-state index is -0.646. The number of fused-ring (bicyclic) bond motifs is 4. The number of hydrogen-bond acceptors (Lipinski definition) is 7. The van der Waals surface area contributed by atoms with Gasteiger partial charge in [-0.3, -0.25) is 19.1 Å². The first-order valence-corrected chi connectivity index (χ1v) is 14.8. The molecule has 1 aliphatic carbocycles. The number of aromatic nitrogens is 3. The normalized spacial score (nSPS) is 20.1. The van der Waals surface area contributed by atoms with Crippen molar-refractivity contribution in [2.24, 2.45) is 5.92 Å². The van der Waals surface area contributed by atoms with E-state index in [0.717, 1.165) is 36.3 Å². The summed E-state index contributed by atoms with van der Waals surface area (Å²) in [6.07, 6.45) is 8.64. The lowest BCUT2D eigenvalue weighted by molar-refractivity contribution is -0.138. The van der Waals surface area contributed by atoms with Crippen LogP contribution >= 0.6 is 11.8 Å². The molecule has 1 aromatic carbocycles. The van der Waals surface area contributed by atoms with Gasteiger partial charge in [-0.1, -0.05) is 17.7 Å². The molecule has 206 valence electrons. The van der Waals surface area contributed by atoms with Crippen molar-refractivity contribution in [1.29, 1.82) is 0 Å². The zero-order chi connectivity index (χ0) is 26.9. The molecule has 11 heteroatoms. The van der Waals surface area contributed by atoms with Crippen LogP contribution in [0.4, 0.5) is 0 Å². The molecular formula is C27H38N6O4S. The topological polar surface area (TPSA) is 118 Å². The fraction of sp³-hybridized carbons (Fsp3) is 0.593. The van der Waals surface area contributed by atoms with Crippen molar-refractivity contribution >= 4 is 29.5 Å². The predicted molar refractivity (Wildman–Crippen MR) is 146 cm³/mol. The van der Waals surface area contributed by atoms with Crippen molar-refractivity contribution in [2.75, 3.05) is 31.7 Å². The Hall–Kier alpha value is -3.08. The Morgan fingerprint density at radius 1 is 1.18 bits per heavy atom. The summed E-state index contributed by atoms with van der Waals surface area (Å²) in [4.78, 5) is 41.1. The molecule has 2 aromatic rings. The van der Waals surface area contributed by atoms with Gasteiger partial charge < -0.3 is 20.3 Å². The number of rotatable bonds is 4. The van der Waals surface area contributed by atoms with Gasteiger partial charge in [0.25, 0.3) is 5.91 Å². The van der Waals surface area contributed by atoms with Crippen molar-refractivity contribution in [2.45, 2.75) is 64.6 Å². The number of amides is 3.